The predicted octanol–water partition coefficient (Wildman–Crippen LogP) is 4.26. The summed E-state index contributed by atoms with van der Waals surface area (Å²) in [4.78, 5) is 25.7. The van der Waals surface area contributed by atoms with Gasteiger partial charge in [-0.25, -0.2) is 0 Å². The van der Waals surface area contributed by atoms with Crippen molar-refractivity contribution in [2.45, 2.75) is 12.8 Å². The second-order valence-electron chi connectivity index (χ2n) is 6.02. The molecule has 0 atom stereocenters. The van der Waals surface area contributed by atoms with Crippen molar-refractivity contribution in [1.82, 2.24) is 4.90 Å². The van der Waals surface area contributed by atoms with Gasteiger partial charge in [-0.1, -0.05) is 29.3 Å². The standard InChI is InChI=1S/C20H22Cl2N2O4/c1-24(13-18(25)23-20-16(21)5-3-6-17(20)22)19(26)7-4-12-28-15-10-8-14(27-2)9-11-15/h3,5-6,8-11H,4,7,12-13H2,1-2H3,(H,23,25). The van der Waals surface area contributed by atoms with Crippen molar-refractivity contribution in [2.75, 3.05) is 32.6 Å². The van der Waals surface area contributed by atoms with E-state index in [1.54, 1.807) is 56.6 Å². The first-order chi connectivity index (χ1) is 13.4. The topological polar surface area (TPSA) is 67.9 Å². The van der Waals surface area contributed by atoms with E-state index >= 15 is 0 Å². The molecule has 0 saturated carbocycles. The van der Waals surface area contributed by atoms with Crippen LogP contribution in [0, 0.1) is 0 Å². The minimum atomic E-state index is -0.375. The zero-order valence-corrected chi connectivity index (χ0v) is 17.2. The number of ether oxygens (including phenoxy) is 2. The Morgan fingerprint density at radius 2 is 1.64 bits per heavy atom. The van der Waals surface area contributed by atoms with Crippen molar-refractivity contribution >= 4 is 40.7 Å². The molecule has 0 aliphatic carbocycles. The summed E-state index contributed by atoms with van der Waals surface area (Å²) in [5.41, 5.74) is 0.338. The van der Waals surface area contributed by atoms with E-state index in [1.807, 2.05) is 0 Å². The first-order valence-electron chi connectivity index (χ1n) is 8.65. The van der Waals surface area contributed by atoms with Gasteiger partial charge in [0.25, 0.3) is 0 Å². The number of amides is 2. The summed E-state index contributed by atoms with van der Waals surface area (Å²) in [6, 6.07) is 12.1. The fourth-order valence-corrected chi connectivity index (χ4v) is 2.87. The summed E-state index contributed by atoms with van der Waals surface area (Å²) in [5.74, 6) is 0.928. The maximum atomic E-state index is 12.2. The summed E-state index contributed by atoms with van der Waals surface area (Å²) in [6.07, 6.45) is 0.806. The van der Waals surface area contributed by atoms with Gasteiger partial charge < -0.3 is 19.7 Å². The highest BCUT2D eigenvalue weighted by Gasteiger charge is 2.15. The molecular formula is C20H22Cl2N2O4. The van der Waals surface area contributed by atoms with Crippen LogP contribution in [-0.2, 0) is 9.59 Å². The fraction of sp³-hybridized carbons (Fsp3) is 0.300. The SMILES string of the molecule is COc1ccc(OCCCC(=O)N(C)CC(=O)Nc2c(Cl)cccc2Cl)cc1. The van der Waals surface area contributed by atoms with Gasteiger partial charge in [-0.05, 0) is 42.8 Å². The van der Waals surface area contributed by atoms with Crippen LogP contribution in [0.5, 0.6) is 11.5 Å². The van der Waals surface area contributed by atoms with Crippen LogP contribution in [0.4, 0.5) is 5.69 Å². The highest BCUT2D eigenvalue weighted by atomic mass is 35.5. The van der Waals surface area contributed by atoms with Crippen molar-refractivity contribution in [3.8, 4) is 11.5 Å². The third-order valence-corrected chi connectivity index (χ3v) is 4.53. The lowest BCUT2D eigenvalue weighted by Gasteiger charge is -2.17. The number of carbonyl (C=O) groups is 2. The Morgan fingerprint density at radius 1 is 1.04 bits per heavy atom. The molecule has 1 N–H and O–H groups in total. The van der Waals surface area contributed by atoms with Crippen LogP contribution in [0.25, 0.3) is 0 Å². The van der Waals surface area contributed by atoms with Gasteiger partial charge in [0, 0.05) is 13.5 Å². The van der Waals surface area contributed by atoms with Crippen molar-refractivity contribution < 1.29 is 19.1 Å². The summed E-state index contributed by atoms with van der Waals surface area (Å²) in [5, 5.41) is 3.31. The second-order valence-corrected chi connectivity index (χ2v) is 6.84. The van der Waals surface area contributed by atoms with E-state index in [2.05, 4.69) is 5.32 Å². The zero-order valence-electron chi connectivity index (χ0n) is 15.7. The van der Waals surface area contributed by atoms with E-state index in [4.69, 9.17) is 32.7 Å². The monoisotopic (exact) mass is 424 g/mol. The van der Waals surface area contributed by atoms with Gasteiger partial charge >= 0.3 is 0 Å². The Hall–Kier alpha value is -2.44. The number of likely N-dealkylation sites (N-methyl/N-ethyl adjacent to an activating group) is 1. The molecule has 0 unspecified atom stereocenters. The number of methoxy groups -OCH3 is 1. The van der Waals surface area contributed by atoms with E-state index in [1.165, 1.54) is 4.90 Å². The van der Waals surface area contributed by atoms with E-state index in [9.17, 15) is 9.59 Å². The molecule has 0 saturated heterocycles. The molecule has 2 amide bonds. The quantitative estimate of drug-likeness (QED) is 0.610. The number of nitrogens with one attached hydrogen (secondary N) is 1. The average molecular weight is 425 g/mol. The molecule has 0 radical (unpaired) electrons. The Labute approximate surface area is 174 Å². The van der Waals surface area contributed by atoms with Crippen molar-refractivity contribution in [3.05, 3.63) is 52.5 Å². The van der Waals surface area contributed by atoms with Gasteiger partial charge in [0.1, 0.15) is 11.5 Å². The van der Waals surface area contributed by atoms with Crippen LogP contribution in [0.3, 0.4) is 0 Å². The second kappa shape index (κ2) is 10.8. The first-order valence-corrected chi connectivity index (χ1v) is 9.41. The number of hydrogen-bond acceptors (Lipinski definition) is 4. The van der Waals surface area contributed by atoms with Gasteiger partial charge in [-0.15, -0.1) is 0 Å². The van der Waals surface area contributed by atoms with E-state index in [-0.39, 0.29) is 24.8 Å². The molecule has 2 rings (SSSR count). The molecule has 2 aromatic rings. The van der Waals surface area contributed by atoms with E-state index < -0.39 is 0 Å². The normalized spacial score (nSPS) is 10.3. The van der Waals surface area contributed by atoms with Gasteiger partial charge in [0.2, 0.25) is 11.8 Å². The largest absolute Gasteiger partial charge is 0.497 e. The molecule has 6 nitrogen and oxygen atoms in total. The summed E-state index contributed by atoms with van der Waals surface area (Å²) in [6.45, 7) is 0.299. The van der Waals surface area contributed by atoms with Gasteiger partial charge in [-0.3, -0.25) is 9.59 Å². The third kappa shape index (κ3) is 6.62. The predicted molar refractivity (Wildman–Crippen MR) is 110 cm³/mol. The molecule has 0 aliphatic heterocycles. The fourth-order valence-electron chi connectivity index (χ4n) is 2.38. The molecule has 0 spiro atoms. The van der Waals surface area contributed by atoms with Crippen molar-refractivity contribution in [2.24, 2.45) is 0 Å². The summed E-state index contributed by atoms with van der Waals surface area (Å²) < 4.78 is 10.7. The molecule has 0 heterocycles. The van der Waals surface area contributed by atoms with Gasteiger partial charge in [0.15, 0.2) is 0 Å². The first kappa shape index (κ1) is 21.9. The smallest absolute Gasteiger partial charge is 0.244 e. The Bertz CT molecular complexity index is 792. The molecule has 2 aromatic carbocycles. The van der Waals surface area contributed by atoms with Crippen LogP contribution in [0.2, 0.25) is 10.0 Å². The van der Waals surface area contributed by atoms with Crippen molar-refractivity contribution in [1.29, 1.82) is 0 Å². The molecule has 0 bridgehead atoms. The molecule has 28 heavy (non-hydrogen) atoms. The molecule has 0 aliphatic rings. The molecule has 0 fully saturated rings. The Kier molecular flexibility index (Phi) is 8.42. The third-order valence-electron chi connectivity index (χ3n) is 3.90. The lowest BCUT2D eigenvalue weighted by atomic mass is 10.2. The minimum absolute atomic E-state index is 0.0975. The maximum Gasteiger partial charge on any atom is 0.244 e. The van der Waals surface area contributed by atoms with Gasteiger partial charge in [0.05, 0.1) is 36.0 Å². The van der Waals surface area contributed by atoms with Crippen LogP contribution in [0.1, 0.15) is 12.8 Å². The summed E-state index contributed by atoms with van der Waals surface area (Å²) >= 11 is 12.0. The van der Waals surface area contributed by atoms with Crippen molar-refractivity contribution in [3.63, 3.8) is 0 Å². The van der Waals surface area contributed by atoms with E-state index in [0.29, 0.717) is 34.5 Å². The number of nitrogens with zero attached hydrogens (tertiary/aromatic N) is 1. The summed E-state index contributed by atoms with van der Waals surface area (Å²) in [7, 11) is 3.17. The Balaban J connectivity index is 1.72. The lowest BCUT2D eigenvalue weighted by molar-refractivity contribution is -0.133. The maximum absolute atomic E-state index is 12.2. The Morgan fingerprint density at radius 3 is 2.25 bits per heavy atom. The number of benzene rings is 2. The lowest BCUT2D eigenvalue weighted by Crippen LogP contribution is -2.35. The molecular weight excluding hydrogens is 403 g/mol. The number of carbonyl (C=O) groups excluding carboxylic acids is 2. The van der Waals surface area contributed by atoms with Gasteiger partial charge in [-0.2, -0.15) is 0 Å². The highest BCUT2D eigenvalue weighted by molar-refractivity contribution is 6.39. The van der Waals surface area contributed by atoms with Crippen LogP contribution in [0.15, 0.2) is 42.5 Å². The highest BCUT2D eigenvalue weighted by Crippen LogP contribution is 2.29. The molecule has 150 valence electrons. The number of anilines is 1. The zero-order chi connectivity index (χ0) is 20.5. The number of halogens is 2. The van der Waals surface area contributed by atoms with Crippen LogP contribution >= 0.6 is 23.2 Å². The van der Waals surface area contributed by atoms with E-state index in [0.717, 1.165) is 5.75 Å². The number of para-hydroxylation sites is 1. The number of rotatable bonds is 9. The molecule has 0 aromatic heterocycles. The average Bonchev–Trinajstić information content (AvgIpc) is 2.68. The number of hydrogen-bond donors (Lipinski definition) is 1. The molecule has 8 heteroatoms. The van der Waals surface area contributed by atoms with Crippen LogP contribution in [-0.4, -0.2) is 44.0 Å². The van der Waals surface area contributed by atoms with Crippen LogP contribution < -0.4 is 14.8 Å². The minimum Gasteiger partial charge on any atom is -0.497 e.